The van der Waals surface area contributed by atoms with E-state index in [2.05, 4.69) is 19.2 Å². The molecule has 14 heavy (non-hydrogen) atoms. The molecule has 82 valence electrons. The van der Waals surface area contributed by atoms with Crippen LogP contribution in [0.1, 0.15) is 33.1 Å². The highest BCUT2D eigenvalue weighted by Gasteiger charge is 2.27. The number of methoxy groups -OCH3 is 1. The summed E-state index contributed by atoms with van der Waals surface area (Å²) in [7, 11) is 1.45. The molecule has 0 radical (unpaired) electrons. The van der Waals surface area contributed by atoms with Crippen LogP contribution >= 0.6 is 0 Å². The third-order valence-electron chi connectivity index (χ3n) is 2.80. The van der Waals surface area contributed by atoms with Gasteiger partial charge >= 0.3 is 5.97 Å². The molecule has 2 atom stereocenters. The second-order valence-corrected chi connectivity index (χ2v) is 4.55. The molecule has 0 aliphatic carbocycles. The van der Waals surface area contributed by atoms with Gasteiger partial charge in [-0.25, -0.2) is 0 Å². The normalized spacial score (nSPS) is 27.7. The van der Waals surface area contributed by atoms with Crippen molar-refractivity contribution in [3.63, 3.8) is 0 Å². The van der Waals surface area contributed by atoms with E-state index in [4.69, 9.17) is 4.74 Å². The Morgan fingerprint density at radius 1 is 1.57 bits per heavy atom. The molecule has 1 heterocycles. The first kappa shape index (κ1) is 11.5. The lowest BCUT2D eigenvalue weighted by Gasteiger charge is -2.29. The van der Waals surface area contributed by atoms with E-state index in [1.807, 2.05) is 0 Å². The highest BCUT2D eigenvalue weighted by Crippen LogP contribution is 2.23. The minimum absolute atomic E-state index is 0.0718. The lowest BCUT2D eigenvalue weighted by atomic mass is 9.86. The highest BCUT2D eigenvalue weighted by atomic mass is 16.5. The van der Waals surface area contributed by atoms with E-state index in [1.165, 1.54) is 20.0 Å². The number of carbonyl (C=O) groups is 1. The van der Waals surface area contributed by atoms with Gasteiger partial charge in [0.2, 0.25) is 0 Å². The topological polar surface area (TPSA) is 38.3 Å². The van der Waals surface area contributed by atoms with E-state index in [0.717, 1.165) is 18.9 Å². The van der Waals surface area contributed by atoms with E-state index >= 15 is 0 Å². The van der Waals surface area contributed by atoms with Gasteiger partial charge in [0.25, 0.3) is 0 Å². The Labute approximate surface area is 86.2 Å². The number of nitrogens with one attached hydrogen (secondary N) is 1. The first-order chi connectivity index (χ1) is 6.63. The summed E-state index contributed by atoms with van der Waals surface area (Å²) in [4.78, 5) is 11.3. The standard InChI is InChI=1S/C11H21NO2/c1-8(2)6-9-4-5-12-10(7-9)11(13)14-3/h8-10,12H,4-7H2,1-3H3/t9-,10+/m0/s1. The fourth-order valence-corrected chi connectivity index (χ4v) is 2.20. The minimum Gasteiger partial charge on any atom is -0.468 e. The molecule has 3 nitrogen and oxygen atoms in total. The second kappa shape index (κ2) is 5.35. The van der Waals surface area contributed by atoms with Crippen molar-refractivity contribution in [2.45, 2.75) is 39.2 Å². The maximum absolute atomic E-state index is 11.3. The number of esters is 1. The molecule has 0 saturated carbocycles. The largest absolute Gasteiger partial charge is 0.468 e. The fraction of sp³-hybridized carbons (Fsp3) is 0.909. The summed E-state index contributed by atoms with van der Waals surface area (Å²) in [5.41, 5.74) is 0. The predicted molar refractivity (Wildman–Crippen MR) is 56.0 cm³/mol. The van der Waals surface area contributed by atoms with Crippen LogP contribution in [-0.2, 0) is 9.53 Å². The van der Waals surface area contributed by atoms with Gasteiger partial charge in [0.05, 0.1) is 7.11 Å². The predicted octanol–water partition coefficient (Wildman–Crippen LogP) is 1.57. The minimum atomic E-state index is -0.113. The Morgan fingerprint density at radius 2 is 2.29 bits per heavy atom. The summed E-state index contributed by atoms with van der Waals surface area (Å²) in [6.07, 6.45) is 3.34. The molecule has 1 saturated heterocycles. The second-order valence-electron chi connectivity index (χ2n) is 4.55. The Hall–Kier alpha value is -0.570. The van der Waals surface area contributed by atoms with Crippen molar-refractivity contribution < 1.29 is 9.53 Å². The Bertz CT molecular complexity index is 192. The fourth-order valence-electron chi connectivity index (χ4n) is 2.20. The summed E-state index contributed by atoms with van der Waals surface area (Å²) in [6.45, 7) is 5.40. The van der Waals surface area contributed by atoms with Gasteiger partial charge in [0.15, 0.2) is 0 Å². The summed E-state index contributed by atoms with van der Waals surface area (Å²) in [5, 5.41) is 3.20. The molecule has 0 aromatic rings. The summed E-state index contributed by atoms with van der Waals surface area (Å²) in [6, 6.07) is -0.0718. The molecule has 0 bridgehead atoms. The van der Waals surface area contributed by atoms with E-state index in [0.29, 0.717) is 5.92 Å². The number of piperidine rings is 1. The number of hydrogen-bond donors (Lipinski definition) is 1. The summed E-state index contributed by atoms with van der Waals surface area (Å²) < 4.78 is 4.74. The van der Waals surface area contributed by atoms with Gasteiger partial charge in [-0.1, -0.05) is 13.8 Å². The lowest BCUT2D eigenvalue weighted by Crippen LogP contribution is -2.44. The smallest absolute Gasteiger partial charge is 0.322 e. The molecule has 3 heteroatoms. The van der Waals surface area contributed by atoms with Crippen LogP contribution in [0.4, 0.5) is 0 Å². The van der Waals surface area contributed by atoms with E-state index < -0.39 is 0 Å². The summed E-state index contributed by atoms with van der Waals surface area (Å²) >= 11 is 0. The van der Waals surface area contributed by atoms with Crippen LogP contribution in [0.15, 0.2) is 0 Å². The lowest BCUT2D eigenvalue weighted by molar-refractivity contribution is -0.144. The van der Waals surface area contributed by atoms with Crippen molar-refractivity contribution in [2.75, 3.05) is 13.7 Å². The molecule has 0 aromatic heterocycles. The zero-order valence-corrected chi connectivity index (χ0v) is 9.38. The van der Waals surface area contributed by atoms with Gasteiger partial charge in [-0.05, 0) is 37.6 Å². The molecule has 1 aliphatic heterocycles. The average molecular weight is 199 g/mol. The van der Waals surface area contributed by atoms with Crippen LogP contribution in [0.5, 0.6) is 0 Å². The zero-order chi connectivity index (χ0) is 10.6. The van der Waals surface area contributed by atoms with Crippen molar-refractivity contribution in [3.8, 4) is 0 Å². The van der Waals surface area contributed by atoms with Crippen molar-refractivity contribution in [1.82, 2.24) is 5.32 Å². The van der Waals surface area contributed by atoms with E-state index in [9.17, 15) is 4.79 Å². The molecular formula is C11H21NO2. The maximum atomic E-state index is 11.3. The molecule has 0 spiro atoms. The zero-order valence-electron chi connectivity index (χ0n) is 9.38. The molecular weight excluding hydrogens is 178 g/mol. The van der Waals surface area contributed by atoms with E-state index in [1.54, 1.807) is 0 Å². The number of hydrogen-bond acceptors (Lipinski definition) is 3. The number of ether oxygens (including phenoxy) is 1. The average Bonchev–Trinajstić information content (AvgIpc) is 2.16. The van der Waals surface area contributed by atoms with Crippen molar-refractivity contribution >= 4 is 5.97 Å². The Morgan fingerprint density at radius 3 is 2.86 bits per heavy atom. The van der Waals surface area contributed by atoms with Gasteiger partial charge in [-0.2, -0.15) is 0 Å². The van der Waals surface area contributed by atoms with Crippen LogP contribution < -0.4 is 5.32 Å². The molecule has 0 amide bonds. The van der Waals surface area contributed by atoms with Gasteiger partial charge in [0, 0.05) is 0 Å². The molecule has 0 aromatic carbocycles. The Kier molecular flexibility index (Phi) is 4.39. The van der Waals surface area contributed by atoms with Gasteiger partial charge in [-0.15, -0.1) is 0 Å². The quantitative estimate of drug-likeness (QED) is 0.701. The highest BCUT2D eigenvalue weighted by molar-refractivity contribution is 5.75. The monoisotopic (exact) mass is 199 g/mol. The van der Waals surface area contributed by atoms with Crippen LogP contribution in [-0.4, -0.2) is 25.7 Å². The SMILES string of the molecule is COC(=O)[C@H]1C[C@H](CC(C)C)CCN1. The number of rotatable bonds is 3. The van der Waals surface area contributed by atoms with Crippen molar-refractivity contribution in [3.05, 3.63) is 0 Å². The van der Waals surface area contributed by atoms with Crippen LogP contribution in [0.3, 0.4) is 0 Å². The van der Waals surface area contributed by atoms with Crippen LogP contribution in [0.2, 0.25) is 0 Å². The maximum Gasteiger partial charge on any atom is 0.322 e. The van der Waals surface area contributed by atoms with Gasteiger partial charge in [-0.3, -0.25) is 4.79 Å². The molecule has 0 unspecified atom stereocenters. The molecule has 1 N–H and O–H groups in total. The third-order valence-corrected chi connectivity index (χ3v) is 2.80. The van der Waals surface area contributed by atoms with Gasteiger partial charge < -0.3 is 10.1 Å². The Balaban J connectivity index is 2.39. The first-order valence-electron chi connectivity index (χ1n) is 5.44. The molecule has 1 rings (SSSR count). The van der Waals surface area contributed by atoms with Crippen molar-refractivity contribution in [2.24, 2.45) is 11.8 Å². The van der Waals surface area contributed by atoms with Crippen LogP contribution in [0, 0.1) is 11.8 Å². The summed E-state index contributed by atoms with van der Waals surface area (Å²) in [5.74, 6) is 1.29. The molecule has 1 fully saturated rings. The van der Waals surface area contributed by atoms with Gasteiger partial charge in [0.1, 0.15) is 6.04 Å². The number of carbonyl (C=O) groups excluding carboxylic acids is 1. The van der Waals surface area contributed by atoms with Crippen molar-refractivity contribution in [1.29, 1.82) is 0 Å². The first-order valence-corrected chi connectivity index (χ1v) is 5.44. The van der Waals surface area contributed by atoms with Crippen LogP contribution in [0.25, 0.3) is 0 Å². The molecule has 1 aliphatic rings. The third kappa shape index (κ3) is 3.29. The van der Waals surface area contributed by atoms with E-state index in [-0.39, 0.29) is 12.0 Å².